The van der Waals surface area contributed by atoms with Crippen LogP contribution in [-0.2, 0) is 23.8 Å². The lowest BCUT2D eigenvalue weighted by atomic mass is 10.0. The molecule has 1 heterocycles. The summed E-state index contributed by atoms with van der Waals surface area (Å²) in [5.41, 5.74) is 2.35. The first-order valence-electron chi connectivity index (χ1n) is 6.59. The fourth-order valence-corrected chi connectivity index (χ4v) is 2.67. The number of carbonyl (C=O) groups is 1. The van der Waals surface area contributed by atoms with Crippen LogP contribution < -0.4 is 5.32 Å². The van der Waals surface area contributed by atoms with Gasteiger partial charge in [0.2, 0.25) is 0 Å². The van der Waals surface area contributed by atoms with E-state index < -0.39 is 10.8 Å². The third-order valence-electron chi connectivity index (χ3n) is 3.58. The smallest absolute Gasteiger partial charge is 0.317 e. The van der Waals surface area contributed by atoms with Crippen LogP contribution in [0, 0.1) is 0 Å². The van der Waals surface area contributed by atoms with E-state index in [-0.39, 0.29) is 11.3 Å². The number of halogens is 1. The van der Waals surface area contributed by atoms with Gasteiger partial charge < -0.3 is 10.2 Å². The van der Waals surface area contributed by atoms with Crippen molar-refractivity contribution in [2.24, 2.45) is 0 Å². The van der Waals surface area contributed by atoms with Crippen molar-refractivity contribution in [3.63, 3.8) is 0 Å². The molecule has 2 rings (SSSR count). The Labute approximate surface area is 126 Å². The molecule has 0 radical (unpaired) electrons. The van der Waals surface area contributed by atoms with Gasteiger partial charge in [-0.1, -0.05) is 17.7 Å². The Hall–Kier alpha value is -1.07. The van der Waals surface area contributed by atoms with Crippen molar-refractivity contribution in [1.29, 1.82) is 0 Å². The minimum Gasteiger partial charge on any atom is -0.337 e. The largest absolute Gasteiger partial charge is 0.337 e. The van der Waals surface area contributed by atoms with Gasteiger partial charge in [0.25, 0.3) is 0 Å². The molecule has 0 saturated heterocycles. The standard InChI is InChI=1S/C14H19ClN2O2S/c1-10(20(2)19)8-16-14(18)17-6-5-11-3-4-13(15)7-12(11)9-17/h3-4,7,10H,5-6,8-9H2,1-2H3,(H,16,18)/t10-,20-/m0/s1. The van der Waals surface area contributed by atoms with Crippen molar-refractivity contribution in [3.05, 3.63) is 34.3 Å². The van der Waals surface area contributed by atoms with E-state index in [0.29, 0.717) is 24.7 Å². The fraction of sp³-hybridized carbons (Fsp3) is 0.500. The highest BCUT2D eigenvalue weighted by Gasteiger charge is 2.21. The predicted molar refractivity (Wildman–Crippen MR) is 82.5 cm³/mol. The zero-order chi connectivity index (χ0) is 14.7. The molecule has 2 atom stereocenters. The number of nitrogens with zero attached hydrogens (tertiary/aromatic N) is 1. The average Bonchev–Trinajstić information content (AvgIpc) is 2.43. The number of nitrogens with one attached hydrogen (secondary N) is 1. The number of carbonyl (C=O) groups excluding carboxylic acids is 1. The van der Waals surface area contributed by atoms with Crippen LogP contribution >= 0.6 is 11.6 Å². The summed E-state index contributed by atoms with van der Waals surface area (Å²) in [5, 5.41) is 3.50. The first-order chi connectivity index (χ1) is 9.47. The number of hydrogen-bond acceptors (Lipinski definition) is 2. The maximum absolute atomic E-state index is 12.1. The van der Waals surface area contributed by atoms with Crippen LogP contribution in [0.5, 0.6) is 0 Å². The Bertz CT molecular complexity index is 536. The van der Waals surface area contributed by atoms with Crippen molar-refractivity contribution in [3.8, 4) is 0 Å². The Morgan fingerprint density at radius 1 is 1.50 bits per heavy atom. The third kappa shape index (κ3) is 3.73. The van der Waals surface area contributed by atoms with Gasteiger partial charge in [-0.05, 0) is 36.6 Å². The van der Waals surface area contributed by atoms with Gasteiger partial charge in [0.05, 0.1) is 0 Å². The summed E-state index contributed by atoms with van der Waals surface area (Å²) >= 11 is 5.99. The van der Waals surface area contributed by atoms with E-state index in [4.69, 9.17) is 11.6 Å². The lowest BCUT2D eigenvalue weighted by molar-refractivity contribution is 0.192. The summed E-state index contributed by atoms with van der Waals surface area (Å²) in [6.45, 7) is 3.57. The van der Waals surface area contributed by atoms with Crippen molar-refractivity contribution in [2.45, 2.75) is 25.1 Å². The van der Waals surface area contributed by atoms with Gasteiger partial charge >= 0.3 is 6.03 Å². The van der Waals surface area contributed by atoms with E-state index >= 15 is 0 Å². The van der Waals surface area contributed by atoms with Crippen LogP contribution in [0.1, 0.15) is 18.1 Å². The third-order valence-corrected chi connectivity index (χ3v) is 5.11. The number of rotatable bonds is 3. The van der Waals surface area contributed by atoms with E-state index in [1.165, 1.54) is 5.56 Å². The first kappa shape index (κ1) is 15.3. The van der Waals surface area contributed by atoms with Gasteiger partial charge in [0.15, 0.2) is 0 Å². The second-order valence-electron chi connectivity index (χ2n) is 5.08. The lowest BCUT2D eigenvalue weighted by Crippen LogP contribution is -2.45. The zero-order valence-electron chi connectivity index (χ0n) is 11.7. The van der Waals surface area contributed by atoms with Gasteiger partial charge in [0.1, 0.15) is 0 Å². The quantitative estimate of drug-likeness (QED) is 0.929. The highest BCUT2D eigenvalue weighted by Crippen LogP contribution is 2.22. The lowest BCUT2D eigenvalue weighted by Gasteiger charge is -2.29. The molecule has 110 valence electrons. The molecule has 0 fully saturated rings. The molecular weight excluding hydrogens is 296 g/mol. The SMILES string of the molecule is C[C@@H](CNC(=O)N1CCc2ccc(Cl)cc2C1)[S@](C)=O. The molecule has 1 aromatic carbocycles. The Morgan fingerprint density at radius 2 is 2.25 bits per heavy atom. The molecule has 6 heteroatoms. The van der Waals surface area contributed by atoms with Crippen LogP contribution in [0.2, 0.25) is 5.02 Å². The Balaban J connectivity index is 1.95. The minimum absolute atomic E-state index is 0.0366. The maximum Gasteiger partial charge on any atom is 0.317 e. The van der Waals surface area contributed by atoms with Crippen LogP contribution in [0.15, 0.2) is 18.2 Å². The number of hydrogen-bond donors (Lipinski definition) is 1. The maximum atomic E-state index is 12.1. The molecule has 2 amide bonds. The zero-order valence-corrected chi connectivity index (χ0v) is 13.3. The summed E-state index contributed by atoms with van der Waals surface area (Å²) in [4.78, 5) is 13.9. The summed E-state index contributed by atoms with van der Waals surface area (Å²) < 4.78 is 11.3. The molecule has 0 bridgehead atoms. The van der Waals surface area contributed by atoms with E-state index in [2.05, 4.69) is 5.32 Å². The van der Waals surface area contributed by atoms with Crippen molar-refractivity contribution >= 4 is 28.4 Å². The van der Waals surface area contributed by atoms with Gasteiger partial charge in [-0.15, -0.1) is 0 Å². The van der Waals surface area contributed by atoms with Crippen LogP contribution in [0.4, 0.5) is 4.79 Å². The van der Waals surface area contributed by atoms with Crippen LogP contribution in [-0.4, -0.2) is 39.7 Å². The Morgan fingerprint density at radius 3 is 2.95 bits per heavy atom. The molecule has 1 aliphatic rings. The normalized spacial score (nSPS) is 17.2. The van der Waals surface area contributed by atoms with Crippen LogP contribution in [0.3, 0.4) is 0 Å². The van der Waals surface area contributed by atoms with Gasteiger partial charge in [0, 0.05) is 47.0 Å². The molecule has 0 spiro atoms. The summed E-state index contributed by atoms with van der Waals surface area (Å²) in [5.74, 6) is 0. The predicted octanol–water partition coefficient (Wildman–Crippen LogP) is 2.17. The number of amides is 2. The first-order valence-corrected chi connectivity index (χ1v) is 8.59. The fourth-order valence-electron chi connectivity index (χ4n) is 2.16. The molecule has 20 heavy (non-hydrogen) atoms. The monoisotopic (exact) mass is 314 g/mol. The molecule has 4 nitrogen and oxygen atoms in total. The van der Waals surface area contributed by atoms with Crippen molar-refractivity contribution in [2.75, 3.05) is 19.3 Å². The number of benzene rings is 1. The molecular formula is C14H19ClN2O2S. The second kappa shape index (κ2) is 6.59. The van der Waals surface area contributed by atoms with E-state index in [1.54, 1.807) is 11.2 Å². The topological polar surface area (TPSA) is 49.4 Å². The number of urea groups is 1. The van der Waals surface area contributed by atoms with E-state index in [9.17, 15) is 9.00 Å². The highest BCUT2D eigenvalue weighted by atomic mass is 35.5. The summed E-state index contributed by atoms with van der Waals surface area (Å²) in [6.07, 6.45) is 2.49. The Kier molecular flexibility index (Phi) is 5.05. The average molecular weight is 315 g/mol. The van der Waals surface area contributed by atoms with E-state index in [1.807, 2.05) is 25.1 Å². The van der Waals surface area contributed by atoms with Crippen molar-refractivity contribution < 1.29 is 9.00 Å². The molecule has 1 aliphatic heterocycles. The molecule has 1 N–H and O–H groups in total. The van der Waals surface area contributed by atoms with Gasteiger partial charge in [-0.3, -0.25) is 4.21 Å². The summed E-state index contributed by atoms with van der Waals surface area (Å²) in [6, 6.07) is 5.72. The molecule has 1 aromatic rings. The summed E-state index contributed by atoms with van der Waals surface area (Å²) in [7, 11) is -0.922. The van der Waals surface area contributed by atoms with Crippen LogP contribution in [0.25, 0.3) is 0 Å². The van der Waals surface area contributed by atoms with Gasteiger partial charge in [-0.2, -0.15) is 0 Å². The van der Waals surface area contributed by atoms with Crippen molar-refractivity contribution in [1.82, 2.24) is 10.2 Å². The molecule has 0 aliphatic carbocycles. The number of fused-ring (bicyclic) bond motifs is 1. The van der Waals surface area contributed by atoms with Gasteiger partial charge in [-0.25, -0.2) is 4.79 Å². The highest BCUT2D eigenvalue weighted by molar-refractivity contribution is 7.84. The minimum atomic E-state index is -0.922. The van der Waals surface area contributed by atoms with E-state index in [0.717, 1.165) is 12.0 Å². The molecule has 0 saturated carbocycles. The second-order valence-corrected chi connectivity index (χ2v) is 7.32. The molecule has 0 unspecified atom stereocenters. The molecule has 0 aromatic heterocycles.